The summed E-state index contributed by atoms with van der Waals surface area (Å²) in [5.41, 5.74) is 3.79. The lowest BCUT2D eigenvalue weighted by atomic mass is 9.99. The van der Waals surface area contributed by atoms with Crippen LogP contribution >= 0.6 is 0 Å². The molecule has 0 saturated carbocycles. The summed E-state index contributed by atoms with van der Waals surface area (Å²) in [5.74, 6) is 0.133. The van der Waals surface area contributed by atoms with Gasteiger partial charge >= 0.3 is 0 Å². The summed E-state index contributed by atoms with van der Waals surface area (Å²) in [6.07, 6.45) is 5.54. The zero-order valence-electron chi connectivity index (χ0n) is 15.4. The van der Waals surface area contributed by atoms with Gasteiger partial charge in [0.25, 0.3) is 0 Å². The first-order chi connectivity index (χ1) is 12.2. The molecule has 1 N–H and O–H groups in total. The number of aryl methyl sites for hydroxylation is 1. The van der Waals surface area contributed by atoms with Crippen LogP contribution in [0.4, 0.5) is 0 Å². The van der Waals surface area contributed by atoms with E-state index in [1.165, 1.54) is 29.7 Å². The highest BCUT2D eigenvalue weighted by atomic mass is 16.2. The van der Waals surface area contributed by atoms with Crippen LogP contribution in [0.2, 0.25) is 0 Å². The molecule has 1 aromatic heterocycles. The molecule has 0 fully saturated rings. The molecule has 2 heterocycles. The Morgan fingerprint density at radius 2 is 1.96 bits per heavy atom. The second-order valence-electron chi connectivity index (χ2n) is 6.97. The number of unbranched alkanes of at least 4 members (excludes halogenated alkanes) is 2. The molecule has 0 aliphatic carbocycles. The third-order valence-electron chi connectivity index (χ3n) is 4.98. The summed E-state index contributed by atoms with van der Waals surface area (Å²) in [4.78, 5) is 14.7. The summed E-state index contributed by atoms with van der Waals surface area (Å²) in [6, 6.07) is 13.1. The molecule has 2 aromatic rings. The van der Waals surface area contributed by atoms with Gasteiger partial charge in [-0.3, -0.25) is 9.69 Å². The van der Waals surface area contributed by atoms with E-state index in [1.54, 1.807) is 0 Å². The van der Waals surface area contributed by atoms with Gasteiger partial charge in [0.1, 0.15) is 0 Å². The van der Waals surface area contributed by atoms with Crippen molar-refractivity contribution in [3.8, 4) is 0 Å². The summed E-state index contributed by atoms with van der Waals surface area (Å²) >= 11 is 0. The minimum atomic E-state index is 0.133. The van der Waals surface area contributed by atoms with Gasteiger partial charge in [0.2, 0.25) is 5.91 Å². The van der Waals surface area contributed by atoms with Crippen molar-refractivity contribution in [2.45, 2.75) is 45.7 Å². The predicted octanol–water partition coefficient (Wildman–Crippen LogP) is 3.51. The van der Waals surface area contributed by atoms with Crippen LogP contribution < -0.4 is 5.32 Å². The molecule has 25 heavy (non-hydrogen) atoms. The Labute approximate surface area is 150 Å². The van der Waals surface area contributed by atoms with Crippen LogP contribution in [0.25, 0.3) is 0 Å². The summed E-state index contributed by atoms with van der Waals surface area (Å²) < 4.78 is 2.31. The van der Waals surface area contributed by atoms with Gasteiger partial charge in [-0.25, -0.2) is 0 Å². The van der Waals surface area contributed by atoms with Crippen molar-refractivity contribution in [2.75, 3.05) is 19.6 Å². The summed E-state index contributed by atoms with van der Waals surface area (Å²) in [6.45, 7) is 7.35. The van der Waals surface area contributed by atoms with Gasteiger partial charge in [0.05, 0.1) is 12.6 Å². The van der Waals surface area contributed by atoms with Crippen LogP contribution in [0, 0.1) is 6.92 Å². The Balaban J connectivity index is 1.73. The average Bonchev–Trinajstić information content (AvgIpc) is 3.08. The van der Waals surface area contributed by atoms with E-state index in [0.717, 1.165) is 26.1 Å². The molecule has 3 rings (SSSR count). The predicted molar refractivity (Wildman–Crippen MR) is 102 cm³/mol. The van der Waals surface area contributed by atoms with E-state index in [4.69, 9.17) is 0 Å². The fourth-order valence-corrected chi connectivity index (χ4v) is 3.58. The molecule has 0 spiro atoms. The van der Waals surface area contributed by atoms with E-state index in [0.29, 0.717) is 6.54 Å². The number of nitrogens with one attached hydrogen (secondary N) is 1. The monoisotopic (exact) mass is 339 g/mol. The fourth-order valence-electron chi connectivity index (χ4n) is 3.58. The first-order valence-corrected chi connectivity index (χ1v) is 9.41. The minimum Gasteiger partial charge on any atom is -0.355 e. The molecule has 0 saturated heterocycles. The van der Waals surface area contributed by atoms with Gasteiger partial charge in [-0.15, -0.1) is 0 Å². The number of rotatable bonds is 7. The quantitative estimate of drug-likeness (QED) is 0.784. The van der Waals surface area contributed by atoms with Crippen molar-refractivity contribution in [3.05, 3.63) is 59.4 Å². The molecule has 1 amide bonds. The molecule has 1 aliphatic heterocycles. The normalized spacial score (nSPS) is 17.3. The van der Waals surface area contributed by atoms with E-state index in [2.05, 4.69) is 71.2 Å². The third kappa shape index (κ3) is 4.31. The maximum absolute atomic E-state index is 12.4. The Hall–Kier alpha value is -2.07. The van der Waals surface area contributed by atoms with Crippen molar-refractivity contribution < 1.29 is 4.79 Å². The summed E-state index contributed by atoms with van der Waals surface area (Å²) in [7, 11) is 0. The van der Waals surface area contributed by atoms with Gasteiger partial charge in [-0.1, -0.05) is 49.6 Å². The molecule has 4 nitrogen and oxygen atoms in total. The standard InChI is InChI=1S/C21H29N3O/c1-3-4-5-12-22-20(25)16-24-15-14-23-13-6-7-19(23)21(24)18-10-8-17(2)9-11-18/h6-11,13,21H,3-5,12,14-16H2,1-2H3,(H,22,25). The van der Waals surface area contributed by atoms with Gasteiger partial charge < -0.3 is 9.88 Å². The molecule has 4 heteroatoms. The lowest BCUT2D eigenvalue weighted by molar-refractivity contribution is -0.122. The van der Waals surface area contributed by atoms with Gasteiger partial charge in [-0.2, -0.15) is 0 Å². The van der Waals surface area contributed by atoms with E-state index >= 15 is 0 Å². The molecule has 1 aliphatic rings. The molecule has 0 bridgehead atoms. The Morgan fingerprint density at radius 1 is 1.16 bits per heavy atom. The van der Waals surface area contributed by atoms with E-state index in [9.17, 15) is 4.79 Å². The van der Waals surface area contributed by atoms with Crippen LogP contribution in [0.3, 0.4) is 0 Å². The highest BCUT2D eigenvalue weighted by Gasteiger charge is 2.29. The zero-order valence-corrected chi connectivity index (χ0v) is 15.4. The third-order valence-corrected chi connectivity index (χ3v) is 4.98. The van der Waals surface area contributed by atoms with Crippen molar-refractivity contribution in [1.82, 2.24) is 14.8 Å². The summed E-state index contributed by atoms with van der Waals surface area (Å²) in [5, 5.41) is 3.08. The van der Waals surface area contributed by atoms with Gasteiger partial charge in [0.15, 0.2) is 0 Å². The number of carbonyl (C=O) groups excluding carboxylic acids is 1. The largest absolute Gasteiger partial charge is 0.355 e. The van der Waals surface area contributed by atoms with Crippen LogP contribution in [0.15, 0.2) is 42.6 Å². The number of fused-ring (bicyclic) bond motifs is 1. The lowest BCUT2D eigenvalue weighted by Crippen LogP contribution is -2.44. The van der Waals surface area contributed by atoms with Crippen LogP contribution in [0.5, 0.6) is 0 Å². The number of hydrogen-bond donors (Lipinski definition) is 1. The smallest absolute Gasteiger partial charge is 0.234 e. The van der Waals surface area contributed by atoms with Crippen LogP contribution in [0.1, 0.15) is 49.0 Å². The highest BCUT2D eigenvalue weighted by Crippen LogP contribution is 2.32. The van der Waals surface area contributed by atoms with Crippen LogP contribution in [-0.2, 0) is 11.3 Å². The maximum atomic E-state index is 12.4. The number of hydrogen-bond acceptors (Lipinski definition) is 2. The lowest BCUT2D eigenvalue weighted by Gasteiger charge is -2.37. The highest BCUT2D eigenvalue weighted by molar-refractivity contribution is 5.78. The molecule has 1 unspecified atom stereocenters. The van der Waals surface area contributed by atoms with Crippen molar-refractivity contribution in [1.29, 1.82) is 0 Å². The number of amides is 1. The average molecular weight is 339 g/mol. The first-order valence-electron chi connectivity index (χ1n) is 9.41. The molecule has 0 radical (unpaired) electrons. The van der Waals surface area contributed by atoms with Crippen LogP contribution in [-0.4, -0.2) is 35.0 Å². The van der Waals surface area contributed by atoms with Crippen molar-refractivity contribution in [2.24, 2.45) is 0 Å². The number of aromatic nitrogens is 1. The molecule has 1 atom stereocenters. The van der Waals surface area contributed by atoms with E-state index < -0.39 is 0 Å². The number of carbonyl (C=O) groups is 1. The Kier molecular flexibility index (Phi) is 5.92. The fraction of sp³-hybridized carbons (Fsp3) is 0.476. The zero-order chi connectivity index (χ0) is 17.6. The molecular formula is C21H29N3O. The number of nitrogens with zero attached hydrogens (tertiary/aromatic N) is 2. The van der Waals surface area contributed by atoms with Gasteiger partial charge in [0, 0.05) is 31.5 Å². The van der Waals surface area contributed by atoms with Gasteiger partial charge in [-0.05, 0) is 31.0 Å². The molecule has 134 valence electrons. The Morgan fingerprint density at radius 3 is 2.72 bits per heavy atom. The van der Waals surface area contributed by atoms with Crippen molar-refractivity contribution >= 4 is 5.91 Å². The second-order valence-corrected chi connectivity index (χ2v) is 6.97. The van der Waals surface area contributed by atoms with Crippen molar-refractivity contribution in [3.63, 3.8) is 0 Å². The van der Waals surface area contributed by atoms with E-state index in [1.807, 2.05) is 0 Å². The van der Waals surface area contributed by atoms with E-state index in [-0.39, 0.29) is 11.9 Å². The maximum Gasteiger partial charge on any atom is 0.234 e. The molecule has 1 aromatic carbocycles. The SMILES string of the molecule is CCCCCNC(=O)CN1CCn2cccc2C1c1ccc(C)cc1. The number of benzene rings is 1. The second kappa shape index (κ2) is 8.34. The molecular weight excluding hydrogens is 310 g/mol. The topological polar surface area (TPSA) is 37.3 Å². The Bertz CT molecular complexity index is 689. The minimum absolute atomic E-state index is 0.133. The first kappa shape index (κ1) is 17.7.